The highest BCUT2D eigenvalue weighted by Gasteiger charge is 2.37. The molecular weight excluding hydrogens is 316 g/mol. The lowest BCUT2D eigenvalue weighted by atomic mass is 10.00. The first-order valence-corrected chi connectivity index (χ1v) is 8.86. The molecular formula is C20H28N2O3. The molecule has 0 saturated carbocycles. The van der Waals surface area contributed by atoms with Crippen molar-refractivity contribution in [3.8, 4) is 0 Å². The first-order chi connectivity index (χ1) is 11.9. The first kappa shape index (κ1) is 19.0. The predicted molar refractivity (Wildman–Crippen MR) is 97.9 cm³/mol. The third-order valence-electron chi connectivity index (χ3n) is 4.86. The van der Waals surface area contributed by atoms with E-state index in [1.165, 1.54) is 0 Å². The zero-order chi connectivity index (χ0) is 18.4. The summed E-state index contributed by atoms with van der Waals surface area (Å²) in [6.07, 6.45) is 3.07. The molecule has 4 atom stereocenters. The minimum atomic E-state index is -0.663. The fraction of sp³-hybridized carbons (Fsp3) is 0.500. The number of nitrogens with zero attached hydrogens (tertiary/aromatic N) is 1. The molecule has 1 heterocycles. The molecule has 0 aromatic heterocycles. The van der Waals surface area contributed by atoms with E-state index < -0.39 is 12.1 Å². The highest BCUT2D eigenvalue weighted by atomic mass is 16.5. The van der Waals surface area contributed by atoms with Gasteiger partial charge in [-0.1, -0.05) is 43.3 Å². The molecule has 1 aromatic carbocycles. The number of hydrogen-bond donors (Lipinski definition) is 1. The Labute approximate surface area is 150 Å². The summed E-state index contributed by atoms with van der Waals surface area (Å²) in [5.74, 6) is -0.252. The van der Waals surface area contributed by atoms with Crippen molar-refractivity contribution in [3.05, 3.63) is 48.6 Å². The van der Waals surface area contributed by atoms with Crippen LogP contribution in [0.2, 0.25) is 0 Å². The minimum Gasteiger partial charge on any atom is -0.445 e. The lowest BCUT2D eigenvalue weighted by Gasteiger charge is -2.32. The number of alkyl carbamates (subject to hydrolysis) is 1. The summed E-state index contributed by atoms with van der Waals surface area (Å²) in [4.78, 5) is 27.1. The number of nitrogens with one attached hydrogen (secondary N) is 1. The average molecular weight is 344 g/mol. The summed E-state index contributed by atoms with van der Waals surface area (Å²) >= 11 is 0. The maximum Gasteiger partial charge on any atom is 0.408 e. The molecule has 1 saturated heterocycles. The van der Waals surface area contributed by atoms with Gasteiger partial charge in [-0.15, -0.1) is 6.58 Å². The monoisotopic (exact) mass is 344 g/mol. The number of carbonyl (C=O) groups is 2. The van der Waals surface area contributed by atoms with Gasteiger partial charge in [-0.05, 0) is 32.3 Å². The Morgan fingerprint density at radius 3 is 2.44 bits per heavy atom. The Hall–Kier alpha value is -2.30. The lowest BCUT2D eigenvalue weighted by molar-refractivity contribution is -0.136. The van der Waals surface area contributed by atoms with E-state index in [1.807, 2.05) is 56.0 Å². The van der Waals surface area contributed by atoms with Gasteiger partial charge in [-0.2, -0.15) is 0 Å². The van der Waals surface area contributed by atoms with E-state index in [4.69, 9.17) is 4.74 Å². The number of ether oxygens (including phenoxy) is 1. The molecule has 1 aliphatic rings. The summed E-state index contributed by atoms with van der Waals surface area (Å²) in [7, 11) is 0. The number of amides is 2. The SMILES string of the molecule is C=C[C@@H](C)[C@@H](NC(=O)OCc1ccccc1)C(=O)N1[C@H](C)CC[C@H]1C. The van der Waals surface area contributed by atoms with Crippen molar-refractivity contribution in [2.24, 2.45) is 5.92 Å². The highest BCUT2D eigenvalue weighted by molar-refractivity contribution is 5.87. The van der Waals surface area contributed by atoms with Crippen molar-refractivity contribution in [2.75, 3.05) is 0 Å². The van der Waals surface area contributed by atoms with E-state index in [0.717, 1.165) is 18.4 Å². The van der Waals surface area contributed by atoms with Crippen LogP contribution < -0.4 is 5.32 Å². The molecule has 0 radical (unpaired) electrons. The Morgan fingerprint density at radius 2 is 1.88 bits per heavy atom. The Morgan fingerprint density at radius 1 is 1.28 bits per heavy atom. The largest absolute Gasteiger partial charge is 0.445 e. The van der Waals surface area contributed by atoms with Gasteiger partial charge in [0.1, 0.15) is 12.6 Å². The van der Waals surface area contributed by atoms with Gasteiger partial charge in [0.2, 0.25) is 5.91 Å². The summed E-state index contributed by atoms with van der Waals surface area (Å²) in [6, 6.07) is 9.16. The van der Waals surface area contributed by atoms with Gasteiger partial charge in [-0.25, -0.2) is 4.79 Å². The van der Waals surface area contributed by atoms with Crippen LogP contribution in [0.25, 0.3) is 0 Å². The molecule has 2 amide bonds. The molecule has 5 nitrogen and oxygen atoms in total. The average Bonchev–Trinajstić information content (AvgIpc) is 2.96. The zero-order valence-electron chi connectivity index (χ0n) is 15.3. The maximum atomic E-state index is 13.0. The third-order valence-corrected chi connectivity index (χ3v) is 4.86. The predicted octanol–water partition coefficient (Wildman–Crippen LogP) is 3.50. The summed E-state index contributed by atoms with van der Waals surface area (Å²) in [5, 5.41) is 2.73. The normalized spacial score (nSPS) is 22.1. The van der Waals surface area contributed by atoms with E-state index in [0.29, 0.717) is 0 Å². The van der Waals surface area contributed by atoms with Crippen molar-refractivity contribution in [1.82, 2.24) is 10.2 Å². The Bertz CT molecular complexity index is 592. The minimum absolute atomic E-state index is 0.0680. The molecule has 1 aliphatic heterocycles. The van der Waals surface area contributed by atoms with Crippen molar-refractivity contribution in [3.63, 3.8) is 0 Å². The van der Waals surface area contributed by atoms with Crippen LogP contribution in [0.15, 0.2) is 43.0 Å². The van der Waals surface area contributed by atoms with E-state index in [1.54, 1.807) is 6.08 Å². The number of rotatable bonds is 6. The van der Waals surface area contributed by atoms with Gasteiger partial charge in [-0.3, -0.25) is 4.79 Å². The van der Waals surface area contributed by atoms with E-state index in [9.17, 15) is 9.59 Å². The van der Waals surface area contributed by atoms with E-state index in [-0.39, 0.29) is 30.5 Å². The third kappa shape index (κ3) is 4.84. The zero-order valence-corrected chi connectivity index (χ0v) is 15.3. The Balaban J connectivity index is 2.00. The maximum absolute atomic E-state index is 13.0. The molecule has 0 unspecified atom stereocenters. The standard InChI is InChI=1S/C20H28N2O3/c1-5-14(2)18(19(23)22-15(3)11-12-16(22)4)21-20(24)25-13-17-9-7-6-8-10-17/h5-10,14-16,18H,1,11-13H2,2-4H3,(H,21,24)/t14-,15-,16-,18-/m1/s1. The van der Waals surface area contributed by atoms with Crippen LogP contribution >= 0.6 is 0 Å². The summed E-state index contributed by atoms with van der Waals surface area (Å²) < 4.78 is 5.26. The van der Waals surface area contributed by atoms with Crippen molar-refractivity contribution in [1.29, 1.82) is 0 Å². The second-order valence-corrected chi connectivity index (χ2v) is 6.80. The van der Waals surface area contributed by atoms with E-state index in [2.05, 4.69) is 11.9 Å². The molecule has 0 aliphatic carbocycles. The summed E-state index contributed by atoms with van der Waals surface area (Å²) in [5.41, 5.74) is 0.902. The van der Waals surface area contributed by atoms with Gasteiger partial charge in [0.05, 0.1) is 0 Å². The van der Waals surface area contributed by atoms with Crippen molar-refractivity contribution < 1.29 is 14.3 Å². The van der Waals surface area contributed by atoms with Gasteiger partial charge in [0.25, 0.3) is 0 Å². The molecule has 1 N–H and O–H groups in total. The number of likely N-dealkylation sites (tertiary alicyclic amines) is 1. The molecule has 2 rings (SSSR count). The van der Waals surface area contributed by atoms with Gasteiger partial charge < -0.3 is 15.0 Å². The number of carbonyl (C=O) groups excluding carboxylic acids is 2. The van der Waals surface area contributed by atoms with Crippen LogP contribution in [-0.4, -0.2) is 35.0 Å². The second kappa shape index (κ2) is 8.70. The Kier molecular flexibility index (Phi) is 6.62. The number of hydrogen-bond acceptors (Lipinski definition) is 3. The summed E-state index contributed by atoms with van der Waals surface area (Å²) in [6.45, 7) is 9.91. The fourth-order valence-electron chi connectivity index (χ4n) is 3.24. The topological polar surface area (TPSA) is 58.6 Å². The van der Waals surface area contributed by atoms with Gasteiger partial charge in [0, 0.05) is 18.0 Å². The molecule has 25 heavy (non-hydrogen) atoms. The molecule has 1 fully saturated rings. The quantitative estimate of drug-likeness (QED) is 0.804. The van der Waals surface area contributed by atoms with Gasteiger partial charge in [0.15, 0.2) is 0 Å². The van der Waals surface area contributed by atoms with E-state index >= 15 is 0 Å². The first-order valence-electron chi connectivity index (χ1n) is 8.86. The lowest BCUT2D eigenvalue weighted by Crippen LogP contribution is -2.53. The van der Waals surface area contributed by atoms with Crippen LogP contribution in [0.1, 0.15) is 39.2 Å². The fourth-order valence-corrected chi connectivity index (χ4v) is 3.24. The molecule has 136 valence electrons. The smallest absolute Gasteiger partial charge is 0.408 e. The van der Waals surface area contributed by atoms with Crippen LogP contribution in [0.5, 0.6) is 0 Å². The van der Waals surface area contributed by atoms with Crippen molar-refractivity contribution in [2.45, 2.75) is 58.3 Å². The molecule has 0 spiro atoms. The molecule has 0 bridgehead atoms. The van der Waals surface area contributed by atoms with Gasteiger partial charge >= 0.3 is 6.09 Å². The van der Waals surface area contributed by atoms with Crippen LogP contribution in [-0.2, 0) is 16.1 Å². The van der Waals surface area contributed by atoms with Crippen molar-refractivity contribution >= 4 is 12.0 Å². The van der Waals surface area contributed by atoms with Crippen LogP contribution in [0.3, 0.4) is 0 Å². The molecule has 5 heteroatoms. The van der Waals surface area contributed by atoms with Crippen LogP contribution in [0.4, 0.5) is 4.79 Å². The van der Waals surface area contributed by atoms with Crippen LogP contribution in [0, 0.1) is 5.92 Å². The second-order valence-electron chi connectivity index (χ2n) is 6.80. The molecule has 1 aromatic rings. The number of benzene rings is 1. The highest BCUT2D eigenvalue weighted by Crippen LogP contribution is 2.25.